The molecule has 0 aliphatic rings. The van der Waals surface area contributed by atoms with Crippen LogP contribution in [0.2, 0.25) is 0 Å². The van der Waals surface area contributed by atoms with Crippen LogP contribution in [0.4, 0.5) is 11.4 Å². The van der Waals surface area contributed by atoms with Gasteiger partial charge in [-0.25, -0.2) is 5.43 Å². The highest BCUT2D eigenvalue weighted by Gasteiger charge is 2.11. The van der Waals surface area contributed by atoms with Crippen LogP contribution in [0.25, 0.3) is 0 Å². The number of nitro groups is 1. The molecule has 2 N–H and O–H groups in total. The summed E-state index contributed by atoms with van der Waals surface area (Å²) in [7, 11) is 0. The molecule has 26 heavy (non-hydrogen) atoms. The van der Waals surface area contributed by atoms with Gasteiger partial charge in [-0.3, -0.25) is 19.6 Å². The summed E-state index contributed by atoms with van der Waals surface area (Å²) in [4.78, 5) is 23.8. The second-order valence-electron chi connectivity index (χ2n) is 5.36. The molecule has 2 aromatic rings. The van der Waals surface area contributed by atoms with Crippen molar-refractivity contribution < 1.29 is 14.8 Å². The number of rotatable bonds is 8. The van der Waals surface area contributed by atoms with Crippen molar-refractivity contribution in [2.75, 3.05) is 18.0 Å². The van der Waals surface area contributed by atoms with Crippen LogP contribution in [0.3, 0.4) is 0 Å². The third-order valence-electron chi connectivity index (χ3n) is 3.67. The molecule has 0 aliphatic carbocycles. The van der Waals surface area contributed by atoms with E-state index in [9.17, 15) is 20.0 Å². The number of phenolic OH excluding ortho intramolecular Hbond substituents is 1. The summed E-state index contributed by atoms with van der Waals surface area (Å²) in [6.45, 7) is 5.49. The molecule has 1 heterocycles. The maximum atomic E-state index is 11.8. The molecule has 2 rings (SSSR count). The Hall–Kier alpha value is -3.43. The van der Waals surface area contributed by atoms with Gasteiger partial charge in [0.15, 0.2) is 0 Å². The number of hydrogen-bond donors (Lipinski definition) is 2. The summed E-state index contributed by atoms with van der Waals surface area (Å²) >= 11 is 0. The van der Waals surface area contributed by atoms with Crippen molar-refractivity contribution in [2.24, 2.45) is 5.10 Å². The van der Waals surface area contributed by atoms with Crippen LogP contribution in [0.1, 0.15) is 19.4 Å². The molecule has 10 heteroatoms. The number of hydrogen-bond acceptors (Lipinski definition) is 7. The number of amides is 1. The number of nitrogens with zero attached hydrogens (tertiary/aromatic N) is 5. The zero-order valence-corrected chi connectivity index (χ0v) is 14.5. The van der Waals surface area contributed by atoms with Gasteiger partial charge in [0.25, 0.3) is 5.91 Å². The van der Waals surface area contributed by atoms with E-state index < -0.39 is 10.8 Å². The number of anilines is 1. The Morgan fingerprint density at radius 2 is 2.19 bits per heavy atom. The molecule has 0 saturated carbocycles. The topological polar surface area (TPSA) is 126 Å². The monoisotopic (exact) mass is 360 g/mol. The first kappa shape index (κ1) is 18.9. The smallest absolute Gasteiger partial charge is 0.307 e. The van der Waals surface area contributed by atoms with E-state index >= 15 is 0 Å². The average Bonchev–Trinajstić information content (AvgIpc) is 3.06. The molecule has 1 aromatic carbocycles. The molecule has 0 fully saturated rings. The van der Waals surface area contributed by atoms with Crippen molar-refractivity contribution in [3.8, 4) is 5.75 Å². The number of benzene rings is 1. The van der Waals surface area contributed by atoms with E-state index in [1.54, 1.807) is 12.1 Å². The van der Waals surface area contributed by atoms with Gasteiger partial charge in [-0.1, -0.05) is 0 Å². The minimum absolute atomic E-state index is 0.0510. The number of hydrazone groups is 1. The van der Waals surface area contributed by atoms with Crippen molar-refractivity contribution in [3.63, 3.8) is 0 Å². The van der Waals surface area contributed by atoms with Crippen LogP contribution in [0.15, 0.2) is 35.7 Å². The third kappa shape index (κ3) is 4.79. The van der Waals surface area contributed by atoms with E-state index in [4.69, 9.17) is 0 Å². The molecule has 1 aromatic heterocycles. The van der Waals surface area contributed by atoms with E-state index in [2.05, 4.69) is 20.5 Å². The maximum absolute atomic E-state index is 11.8. The van der Waals surface area contributed by atoms with Gasteiger partial charge < -0.3 is 10.0 Å². The van der Waals surface area contributed by atoms with Crippen molar-refractivity contribution in [3.05, 3.63) is 46.3 Å². The van der Waals surface area contributed by atoms with Gasteiger partial charge in [0, 0.05) is 30.4 Å². The lowest BCUT2D eigenvalue weighted by molar-refractivity contribution is -0.385. The molecule has 1 amide bonds. The molecule has 0 bridgehead atoms. The summed E-state index contributed by atoms with van der Waals surface area (Å²) in [5, 5.41) is 28.1. The molecule has 10 nitrogen and oxygen atoms in total. The molecule has 0 radical (unpaired) electrons. The van der Waals surface area contributed by atoms with Crippen molar-refractivity contribution in [2.45, 2.75) is 20.4 Å². The van der Waals surface area contributed by atoms with Crippen LogP contribution in [0, 0.1) is 10.1 Å². The van der Waals surface area contributed by atoms with Crippen LogP contribution in [0.5, 0.6) is 5.75 Å². The second-order valence-corrected chi connectivity index (χ2v) is 5.36. The molecule has 0 saturated heterocycles. The molecule has 0 atom stereocenters. The Labute approximate surface area is 149 Å². The van der Waals surface area contributed by atoms with E-state index in [0.29, 0.717) is 5.56 Å². The van der Waals surface area contributed by atoms with Crippen LogP contribution < -0.4 is 10.3 Å². The zero-order chi connectivity index (χ0) is 19.1. The minimum atomic E-state index is -0.593. The quantitative estimate of drug-likeness (QED) is 0.417. The fraction of sp³-hybridized carbons (Fsp3) is 0.312. The van der Waals surface area contributed by atoms with Gasteiger partial charge in [0.2, 0.25) is 0 Å². The lowest BCUT2D eigenvalue weighted by Gasteiger charge is -2.21. The summed E-state index contributed by atoms with van der Waals surface area (Å²) in [5.41, 5.74) is 3.44. The highest BCUT2D eigenvalue weighted by molar-refractivity contribution is 5.86. The van der Waals surface area contributed by atoms with Gasteiger partial charge >= 0.3 is 5.69 Å². The lowest BCUT2D eigenvalue weighted by Crippen LogP contribution is -2.23. The maximum Gasteiger partial charge on any atom is 0.307 e. The molecule has 0 spiro atoms. The first-order chi connectivity index (χ1) is 12.4. The molecule has 138 valence electrons. The standard InChI is InChI=1S/C16H20N6O4/c1-3-20(4-2)13-6-5-12(15(23)7-13)8-17-19-16(24)11-21-10-14(9-18-21)22(25)26/h5-10,23H,3-4,11H2,1-2H3,(H,19,24)/b17-8+. The SMILES string of the molecule is CCN(CC)c1ccc(/C=N/NC(=O)Cn2cc([N+](=O)[O-])cn2)c(O)c1. The van der Waals surface area contributed by atoms with Crippen LogP contribution in [-0.2, 0) is 11.3 Å². The molecule has 0 unspecified atom stereocenters. The summed E-state index contributed by atoms with van der Waals surface area (Å²) in [6, 6.07) is 5.20. The van der Waals surface area contributed by atoms with E-state index in [-0.39, 0.29) is 18.0 Å². The minimum Gasteiger partial charge on any atom is -0.507 e. The predicted molar refractivity (Wildman–Crippen MR) is 96.3 cm³/mol. The molecular weight excluding hydrogens is 340 g/mol. The van der Waals surface area contributed by atoms with E-state index in [1.165, 1.54) is 6.21 Å². The number of aromatic nitrogens is 2. The van der Waals surface area contributed by atoms with E-state index in [0.717, 1.165) is 35.9 Å². The average molecular weight is 360 g/mol. The highest BCUT2D eigenvalue weighted by atomic mass is 16.6. The predicted octanol–water partition coefficient (Wildman–Crippen LogP) is 1.49. The largest absolute Gasteiger partial charge is 0.507 e. The molecular formula is C16H20N6O4. The second kappa shape index (κ2) is 8.60. The van der Waals surface area contributed by atoms with Gasteiger partial charge in [-0.05, 0) is 26.0 Å². The fourth-order valence-corrected chi connectivity index (χ4v) is 2.32. The van der Waals surface area contributed by atoms with Crippen molar-refractivity contribution >= 4 is 23.5 Å². The highest BCUT2D eigenvalue weighted by Crippen LogP contribution is 2.23. The fourth-order valence-electron chi connectivity index (χ4n) is 2.32. The number of carbonyl (C=O) groups excluding carboxylic acids is 1. The van der Waals surface area contributed by atoms with Crippen molar-refractivity contribution in [1.82, 2.24) is 15.2 Å². The van der Waals surface area contributed by atoms with Gasteiger partial charge in [-0.15, -0.1) is 0 Å². The summed E-state index contributed by atoms with van der Waals surface area (Å²) in [5.74, 6) is -0.450. The van der Waals surface area contributed by atoms with Gasteiger partial charge in [0.1, 0.15) is 24.7 Å². The number of aromatic hydroxyl groups is 1. The van der Waals surface area contributed by atoms with Crippen molar-refractivity contribution in [1.29, 1.82) is 0 Å². The number of carbonyl (C=O) groups is 1. The van der Waals surface area contributed by atoms with Gasteiger partial charge in [0.05, 0.1) is 11.1 Å². The van der Waals surface area contributed by atoms with Crippen LogP contribution >= 0.6 is 0 Å². The summed E-state index contributed by atoms with van der Waals surface area (Å²) in [6.07, 6.45) is 3.54. The number of nitrogens with one attached hydrogen (secondary N) is 1. The summed E-state index contributed by atoms with van der Waals surface area (Å²) < 4.78 is 1.14. The molecule has 0 aliphatic heterocycles. The Balaban J connectivity index is 1.94. The Kier molecular flexibility index (Phi) is 6.25. The van der Waals surface area contributed by atoms with E-state index in [1.807, 2.05) is 19.9 Å². The van der Waals surface area contributed by atoms with Crippen LogP contribution in [-0.4, -0.2) is 45.0 Å². The number of phenols is 1. The normalized spacial score (nSPS) is 10.8. The first-order valence-electron chi connectivity index (χ1n) is 8.01. The first-order valence-corrected chi connectivity index (χ1v) is 8.01. The Morgan fingerprint density at radius 3 is 2.77 bits per heavy atom. The third-order valence-corrected chi connectivity index (χ3v) is 3.67. The zero-order valence-electron chi connectivity index (χ0n) is 14.5. The van der Waals surface area contributed by atoms with Gasteiger partial charge in [-0.2, -0.15) is 10.2 Å². The Bertz CT molecular complexity index is 813. The Morgan fingerprint density at radius 1 is 1.46 bits per heavy atom. The lowest BCUT2D eigenvalue weighted by atomic mass is 10.2.